The number of nitrogens with one attached hydrogen (secondary N) is 1. The van der Waals surface area contributed by atoms with Gasteiger partial charge in [-0.3, -0.25) is 0 Å². The molecule has 2 N–H and O–H groups in total. The van der Waals surface area contributed by atoms with Crippen LogP contribution in [0.3, 0.4) is 0 Å². The second-order valence-corrected chi connectivity index (χ2v) is 3.88. The SMILES string of the molecule is Cc1cc(NCc2occc2C(=O)O)ccc1F. The molecule has 1 aromatic heterocycles. The Morgan fingerprint density at radius 1 is 1.44 bits per heavy atom. The largest absolute Gasteiger partial charge is 0.478 e. The molecule has 5 heteroatoms. The summed E-state index contributed by atoms with van der Waals surface area (Å²) in [7, 11) is 0. The van der Waals surface area contributed by atoms with Crippen molar-refractivity contribution >= 4 is 11.7 Å². The van der Waals surface area contributed by atoms with E-state index in [-0.39, 0.29) is 17.9 Å². The fourth-order valence-electron chi connectivity index (χ4n) is 1.61. The summed E-state index contributed by atoms with van der Waals surface area (Å²) in [5, 5.41) is 11.9. The monoisotopic (exact) mass is 249 g/mol. The van der Waals surface area contributed by atoms with Gasteiger partial charge < -0.3 is 14.8 Å². The average molecular weight is 249 g/mol. The molecular formula is C13H12FNO3. The van der Waals surface area contributed by atoms with Gasteiger partial charge in [-0.2, -0.15) is 0 Å². The van der Waals surface area contributed by atoms with Crippen LogP contribution in [-0.4, -0.2) is 11.1 Å². The maximum Gasteiger partial charge on any atom is 0.339 e. The summed E-state index contributed by atoms with van der Waals surface area (Å²) >= 11 is 0. The van der Waals surface area contributed by atoms with Crippen LogP contribution in [0.1, 0.15) is 21.7 Å². The molecule has 18 heavy (non-hydrogen) atoms. The zero-order valence-corrected chi connectivity index (χ0v) is 9.74. The second kappa shape index (κ2) is 4.91. The molecule has 0 fully saturated rings. The lowest BCUT2D eigenvalue weighted by atomic mass is 10.2. The summed E-state index contributed by atoms with van der Waals surface area (Å²) in [5.74, 6) is -0.968. The molecular weight excluding hydrogens is 237 g/mol. The summed E-state index contributed by atoms with van der Waals surface area (Å²) in [4.78, 5) is 10.9. The number of aryl methyl sites for hydroxylation is 1. The molecule has 0 unspecified atom stereocenters. The van der Waals surface area contributed by atoms with Gasteiger partial charge in [0.1, 0.15) is 17.1 Å². The van der Waals surface area contributed by atoms with Crippen molar-refractivity contribution < 1.29 is 18.7 Å². The van der Waals surface area contributed by atoms with Crippen LogP contribution in [-0.2, 0) is 6.54 Å². The number of halogens is 1. The van der Waals surface area contributed by atoms with E-state index in [0.29, 0.717) is 17.0 Å². The number of furan rings is 1. The smallest absolute Gasteiger partial charge is 0.339 e. The molecule has 0 aliphatic carbocycles. The lowest BCUT2D eigenvalue weighted by Gasteiger charge is -2.06. The highest BCUT2D eigenvalue weighted by atomic mass is 19.1. The summed E-state index contributed by atoms with van der Waals surface area (Å²) < 4.78 is 18.1. The lowest BCUT2D eigenvalue weighted by Crippen LogP contribution is -2.04. The first-order valence-electron chi connectivity index (χ1n) is 5.37. The molecule has 4 nitrogen and oxygen atoms in total. The standard InChI is InChI=1S/C13H12FNO3/c1-8-6-9(2-3-11(8)14)15-7-12-10(13(16)17)4-5-18-12/h2-6,15H,7H2,1H3,(H,16,17). The van der Waals surface area contributed by atoms with Crippen LogP contribution in [0.4, 0.5) is 10.1 Å². The average Bonchev–Trinajstić information content (AvgIpc) is 2.79. The van der Waals surface area contributed by atoms with Crippen LogP contribution in [0, 0.1) is 12.7 Å². The van der Waals surface area contributed by atoms with Gasteiger partial charge in [0.05, 0.1) is 12.8 Å². The number of hydrogen-bond acceptors (Lipinski definition) is 3. The highest BCUT2D eigenvalue weighted by molar-refractivity contribution is 5.88. The fraction of sp³-hybridized carbons (Fsp3) is 0.154. The van der Waals surface area contributed by atoms with Crippen LogP contribution in [0.15, 0.2) is 34.9 Å². The third-order valence-corrected chi connectivity index (χ3v) is 2.59. The Bertz CT molecular complexity index is 577. The van der Waals surface area contributed by atoms with Crippen LogP contribution in [0.2, 0.25) is 0 Å². The first-order valence-corrected chi connectivity index (χ1v) is 5.37. The number of anilines is 1. The van der Waals surface area contributed by atoms with Gasteiger partial charge in [-0.15, -0.1) is 0 Å². The zero-order chi connectivity index (χ0) is 13.1. The van der Waals surface area contributed by atoms with Crippen LogP contribution in [0.5, 0.6) is 0 Å². The molecule has 0 aliphatic rings. The maximum atomic E-state index is 13.1. The number of hydrogen-bond donors (Lipinski definition) is 2. The molecule has 2 aromatic rings. The van der Waals surface area contributed by atoms with Gasteiger partial charge in [0.2, 0.25) is 0 Å². The Morgan fingerprint density at radius 2 is 2.22 bits per heavy atom. The van der Waals surface area contributed by atoms with Crippen molar-refractivity contribution in [2.45, 2.75) is 13.5 Å². The number of carbonyl (C=O) groups is 1. The van der Waals surface area contributed by atoms with Gasteiger partial charge in [0.25, 0.3) is 0 Å². The predicted octanol–water partition coefficient (Wildman–Crippen LogP) is 3.04. The van der Waals surface area contributed by atoms with E-state index in [2.05, 4.69) is 5.32 Å². The Balaban J connectivity index is 2.09. The molecule has 0 aliphatic heterocycles. The molecule has 0 saturated carbocycles. The van der Waals surface area contributed by atoms with Crippen molar-refractivity contribution in [3.63, 3.8) is 0 Å². The molecule has 0 atom stereocenters. The minimum atomic E-state index is -1.03. The van der Waals surface area contributed by atoms with Crippen molar-refractivity contribution in [1.29, 1.82) is 0 Å². The molecule has 94 valence electrons. The first-order chi connectivity index (χ1) is 8.58. The van der Waals surface area contributed by atoms with E-state index < -0.39 is 5.97 Å². The van der Waals surface area contributed by atoms with Gasteiger partial charge in [0.15, 0.2) is 0 Å². The molecule has 0 bridgehead atoms. The molecule has 1 aromatic carbocycles. The number of rotatable bonds is 4. The number of carboxylic acids is 1. The Kier molecular flexibility index (Phi) is 3.32. The molecule has 0 saturated heterocycles. The van der Waals surface area contributed by atoms with Crippen LogP contribution in [0.25, 0.3) is 0 Å². The number of aromatic carboxylic acids is 1. The molecule has 2 rings (SSSR count). The van der Waals surface area contributed by atoms with Gasteiger partial charge >= 0.3 is 5.97 Å². The van der Waals surface area contributed by atoms with Crippen LogP contribution >= 0.6 is 0 Å². The predicted molar refractivity (Wildman–Crippen MR) is 64.1 cm³/mol. The molecule has 0 spiro atoms. The lowest BCUT2D eigenvalue weighted by molar-refractivity contribution is 0.0694. The Hall–Kier alpha value is -2.30. The zero-order valence-electron chi connectivity index (χ0n) is 9.74. The van der Waals surface area contributed by atoms with E-state index in [1.165, 1.54) is 18.4 Å². The van der Waals surface area contributed by atoms with Crippen molar-refractivity contribution in [3.05, 3.63) is 53.2 Å². The number of carboxylic acid groups (broad SMARTS) is 1. The van der Waals surface area contributed by atoms with Crippen molar-refractivity contribution in [2.24, 2.45) is 0 Å². The highest BCUT2D eigenvalue weighted by Crippen LogP contribution is 2.16. The van der Waals surface area contributed by atoms with E-state index in [0.717, 1.165) is 0 Å². The van der Waals surface area contributed by atoms with E-state index in [4.69, 9.17) is 9.52 Å². The van der Waals surface area contributed by atoms with E-state index in [9.17, 15) is 9.18 Å². The van der Waals surface area contributed by atoms with E-state index in [1.807, 2.05) is 0 Å². The van der Waals surface area contributed by atoms with Crippen molar-refractivity contribution in [1.82, 2.24) is 0 Å². The third-order valence-electron chi connectivity index (χ3n) is 2.59. The molecule has 1 heterocycles. The van der Waals surface area contributed by atoms with Gasteiger partial charge in [0, 0.05) is 5.69 Å². The van der Waals surface area contributed by atoms with E-state index in [1.54, 1.807) is 19.1 Å². The number of benzene rings is 1. The summed E-state index contributed by atoms with van der Waals surface area (Å²) in [6.45, 7) is 1.90. The first kappa shape index (κ1) is 12.2. The quantitative estimate of drug-likeness (QED) is 0.874. The third kappa shape index (κ3) is 2.51. The maximum absolute atomic E-state index is 13.1. The van der Waals surface area contributed by atoms with Gasteiger partial charge in [-0.1, -0.05) is 0 Å². The van der Waals surface area contributed by atoms with Gasteiger partial charge in [-0.25, -0.2) is 9.18 Å². The van der Waals surface area contributed by atoms with Crippen molar-refractivity contribution in [3.8, 4) is 0 Å². The Labute approximate surface area is 103 Å². The molecule has 0 amide bonds. The second-order valence-electron chi connectivity index (χ2n) is 3.88. The topological polar surface area (TPSA) is 62.5 Å². The Morgan fingerprint density at radius 3 is 2.89 bits per heavy atom. The normalized spacial score (nSPS) is 10.3. The minimum Gasteiger partial charge on any atom is -0.478 e. The molecule has 0 radical (unpaired) electrons. The summed E-state index contributed by atoms with van der Waals surface area (Å²) in [6, 6.07) is 6.00. The van der Waals surface area contributed by atoms with Crippen molar-refractivity contribution in [2.75, 3.05) is 5.32 Å². The van der Waals surface area contributed by atoms with E-state index >= 15 is 0 Å². The van der Waals surface area contributed by atoms with Gasteiger partial charge in [-0.05, 0) is 36.8 Å². The summed E-state index contributed by atoms with van der Waals surface area (Å²) in [6.07, 6.45) is 1.33. The fourth-order valence-corrected chi connectivity index (χ4v) is 1.61. The highest BCUT2D eigenvalue weighted by Gasteiger charge is 2.12. The summed E-state index contributed by atoms with van der Waals surface area (Å²) in [5.41, 5.74) is 1.36. The van der Waals surface area contributed by atoms with Crippen LogP contribution < -0.4 is 5.32 Å². The minimum absolute atomic E-state index is 0.126.